The lowest BCUT2D eigenvalue weighted by Crippen LogP contribution is -2.34. The largest absolute Gasteiger partial charge is 0.497 e. The first-order valence-corrected chi connectivity index (χ1v) is 8.38. The Morgan fingerprint density at radius 1 is 1.08 bits per heavy atom. The number of amides is 1. The van der Waals surface area contributed by atoms with E-state index in [2.05, 4.69) is 12.2 Å². The summed E-state index contributed by atoms with van der Waals surface area (Å²) < 4.78 is 10.6. The number of benzene rings is 2. The van der Waals surface area contributed by atoms with Crippen molar-refractivity contribution in [1.29, 1.82) is 0 Å². The van der Waals surface area contributed by atoms with Gasteiger partial charge in [0.1, 0.15) is 5.75 Å². The number of aryl methyl sites for hydroxylation is 1. The summed E-state index contributed by atoms with van der Waals surface area (Å²) in [6, 6.07) is 15.0. The van der Waals surface area contributed by atoms with Gasteiger partial charge in [-0.3, -0.25) is 4.79 Å². The summed E-state index contributed by atoms with van der Waals surface area (Å²) in [7, 11) is 1.62. The van der Waals surface area contributed by atoms with Crippen molar-refractivity contribution in [3.63, 3.8) is 0 Å². The Labute approximate surface area is 148 Å². The van der Waals surface area contributed by atoms with Gasteiger partial charge < -0.3 is 19.9 Å². The number of hydrogen-bond donors (Lipinski definition) is 2. The Hall–Kier alpha value is -2.37. The molecule has 0 saturated carbocycles. The van der Waals surface area contributed by atoms with Crippen LogP contribution < -0.4 is 10.1 Å². The number of aliphatic hydroxyl groups is 1. The minimum atomic E-state index is -0.753. The summed E-state index contributed by atoms with van der Waals surface area (Å²) in [5.74, 6) is 0.593. The molecule has 0 aliphatic heterocycles. The predicted molar refractivity (Wildman–Crippen MR) is 96.8 cm³/mol. The molecule has 0 aromatic heterocycles. The number of aliphatic hydroxyl groups excluding tert-OH is 1. The van der Waals surface area contributed by atoms with Gasteiger partial charge >= 0.3 is 0 Å². The maximum Gasteiger partial charge on any atom is 0.251 e. The number of hydrogen-bond acceptors (Lipinski definition) is 4. The normalized spacial score (nSPS) is 11.8. The molecule has 25 heavy (non-hydrogen) atoms. The summed E-state index contributed by atoms with van der Waals surface area (Å²) in [5.41, 5.74) is 2.76. The van der Waals surface area contributed by atoms with Gasteiger partial charge in [0.15, 0.2) is 0 Å². The second kappa shape index (κ2) is 9.81. The first-order chi connectivity index (χ1) is 12.1. The van der Waals surface area contributed by atoms with Gasteiger partial charge in [0.05, 0.1) is 26.4 Å². The van der Waals surface area contributed by atoms with Crippen molar-refractivity contribution in [2.24, 2.45) is 0 Å². The van der Waals surface area contributed by atoms with E-state index >= 15 is 0 Å². The minimum absolute atomic E-state index is 0.150. The van der Waals surface area contributed by atoms with E-state index in [0.717, 1.165) is 17.7 Å². The van der Waals surface area contributed by atoms with Gasteiger partial charge in [-0.15, -0.1) is 0 Å². The number of carbonyl (C=O) groups excluding carboxylic acids is 1. The average molecular weight is 343 g/mol. The molecule has 0 spiro atoms. The van der Waals surface area contributed by atoms with Crippen LogP contribution in [0.1, 0.15) is 28.4 Å². The van der Waals surface area contributed by atoms with Gasteiger partial charge in [-0.25, -0.2) is 0 Å². The molecule has 2 rings (SSSR count). The van der Waals surface area contributed by atoms with E-state index in [0.29, 0.717) is 12.2 Å². The lowest BCUT2D eigenvalue weighted by atomic mass is 10.1. The van der Waals surface area contributed by atoms with E-state index in [4.69, 9.17) is 9.47 Å². The van der Waals surface area contributed by atoms with Gasteiger partial charge in [0.2, 0.25) is 0 Å². The summed E-state index contributed by atoms with van der Waals surface area (Å²) in [6.07, 6.45) is 0.184. The van der Waals surface area contributed by atoms with Crippen LogP contribution in [0.15, 0.2) is 48.5 Å². The van der Waals surface area contributed by atoms with Crippen molar-refractivity contribution in [1.82, 2.24) is 5.32 Å². The highest BCUT2D eigenvalue weighted by molar-refractivity contribution is 5.94. The van der Waals surface area contributed by atoms with Gasteiger partial charge in [0.25, 0.3) is 5.91 Å². The molecule has 0 radical (unpaired) electrons. The molecular formula is C20H25NO4. The number of ether oxygens (including phenoxy) is 2. The Morgan fingerprint density at radius 2 is 1.72 bits per heavy atom. The third kappa shape index (κ3) is 6.21. The fourth-order valence-corrected chi connectivity index (χ4v) is 2.30. The first kappa shape index (κ1) is 19.0. The van der Waals surface area contributed by atoms with Crippen molar-refractivity contribution in [3.8, 4) is 5.75 Å². The molecule has 1 atom stereocenters. The Kier molecular flexibility index (Phi) is 7.44. The van der Waals surface area contributed by atoms with Gasteiger partial charge in [-0.05, 0) is 41.8 Å². The molecule has 2 aromatic rings. The smallest absolute Gasteiger partial charge is 0.251 e. The topological polar surface area (TPSA) is 67.8 Å². The number of nitrogens with one attached hydrogen (secondary N) is 1. The van der Waals surface area contributed by atoms with Crippen LogP contribution in [0, 0.1) is 0 Å². The maximum absolute atomic E-state index is 12.0. The molecule has 0 saturated heterocycles. The van der Waals surface area contributed by atoms with Crippen LogP contribution in [0.25, 0.3) is 0 Å². The number of rotatable bonds is 9. The zero-order valence-corrected chi connectivity index (χ0v) is 14.7. The molecule has 2 N–H and O–H groups in total. The van der Waals surface area contributed by atoms with Crippen molar-refractivity contribution >= 4 is 5.91 Å². The molecule has 5 heteroatoms. The maximum atomic E-state index is 12.0. The third-order valence-electron chi connectivity index (χ3n) is 3.86. The molecule has 0 unspecified atom stereocenters. The fourth-order valence-electron chi connectivity index (χ4n) is 2.30. The molecule has 2 aromatic carbocycles. The summed E-state index contributed by atoms with van der Waals surface area (Å²) in [6.45, 7) is 2.77. The van der Waals surface area contributed by atoms with Crippen molar-refractivity contribution in [2.75, 3.05) is 20.3 Å². The van der Waals surface area contributed by atoms with Crippen LogP contribution in [-0.4, -0.2) is 37.4 Å². The Bertz CT molecular complexity index is 652. The van der Waals surface area contributed by atoms with Crippen LogP contribution in [0.5, 0.6) is 5.75 Å². The van der Waals surface area contributed by atoms with E-state index < -0.39 is 6.10 Å². The van der Waals surface area contributed by atoms with Crippen LogP contribution in [0.2, 0.25) is 0 Å². The zero-order valence-electron chi connectivity index (χ0n) is 14.7. The van der Waals surface area contributed by atoms with Crippen LogP contribution in [0.3, 0.4) is 0 Å². The highest BCUT2D eigenvalue weighted by Crippen LogP contribution is 2.12. The van der Waals surface area contributed by atoms with E-state index in [-0.39, 0.29) is 19.1 Å². The van der Waals surface area contributed by atoms with Crippen molar-refractivity contribution in [2.45, 2.75) is 26.1 Å². The lowest BCUT2D eigenvalue weighted by Gasteiger charge is -2.13. The van der Waals surface area contributed by atoms with Crippen molar-refractivity contribution < 1.29 is 19.4 Å². The number of carbonyl (C=O) groups is 1. The standard InChI is InChI=1S/C20H25NO4/c1-3-15-4-8-17(9-5-15)20(23)21-12-18(22)14-25-13-16-6-10-19(24-2)11-7-16/h4-11,18,22H,3,12-14H2,1-2H3,(H,21,23)/t18-/m0/s1. The summed E-state index contributed by atoms with van der Waals surface area (Å²) >= 11 is 0. The second-order valence-electron chi connectivity index (χ2n) is 5.78. The highest BCUT2D eigenvalue weighted by Gasteiger charge is 2.09. The summed E-state index contributed by atoms with van der Waals surface area (Å²) in [5, 5.41) is 12.6. The number of methoxy groups -OCH3 is 1. The molecule has 5 nitrogen and oxygen atoms in total. The monoisotopic (exact) mass is 343 g/mol. The Balaban J connectivity index is 1.68. The highest BCUT2D eigenvalue weighted by atomic mass is 16.5. The molecular weight excluding hydrogens is 318 g/mol. The quantitative estimate of drug-likeness (QED) is 0.734. The molecule has 0 aliphatic rings. The van der Waals surface area contributed by atoms with Crippen LogP contribution in [0.4, 0.5) is 0 Å². The van der Waals surface area contributed by atoms with Gasteiger partial charge in [-0.2, -0.15) is 0 Å². The van der Waals surface area contributed by atoms with Crippen molar-refractivity contribution in [3.05, 3.63) is 65.2 Å². The van der Waals surface area contributed by atoms with E-state index in [1.807, 2.05) is 36.4 Å². The SMILES string of the molecule is CCc1ccc(C(=O)NC[C@H](O)COCc2ccc(OC)cc2)cc1. The van der Waals surface area contributed by atoms with E-state index in [9.17, 15) is 9.90 Å². The molecule has 1 amide bonds. The van der Waals surface area contributed by atoms with Crippen LogP contribution in [-0.2, 0) is 17.8 Å². The lowest BCUT2D eigenvalue weighted by molar-refractivity contribution is 0.0285. The predicted octanol–water partition coefficient (Wildman–Crippen LogP) is 2.57. The fraction of sp³-hybridized carbons (Fsp3) is 0.350. The van der Waals surface area contributed by atoms with Gasteiger partial charge in [0, 0.05) is 12.1 Å². The molecule has 0 bridgehead atoms. The molecule has 0 fully saturated rings. The summed E-state index contributed by atoms with van der Waals surface area (Å²) in [4.78, 5) is 12.0. The molecule has 134 valence electrons. The van der Waals surface area contributed by atoms with E-state index in [1.165, 1.54) is 5.56 Å². The first-order valence-electron chi connectivity index (χ1n) is 8.38. The van der Waals surface area contributed by atoms with Gasteiger partial charge in [-0.1, -0.05) is 31.2 Å². The second-order valence-corrected chi connectivity index (χ2v) is 5.78. The average Bonchev–Trinajstić information content (AvgIpc) is 2.66. The minimum Gasteiger partial charge on any atom is -0.497 e. The van der Waals surface area contributed by atoms with Crippen LogP contribution >= 0.6 is 0 Å². The molecule has 0 aliphatic carbocycles. The molecule has 0 heterocycles. The van der Waals surface area contributed by atoms with E-state index in [1.54, 1.807) is 19.2 Å². The Morgan fingerprint density at radius 3 is 2.32 bits per heavy atom. The third-order valence-corrected chi connectivity index (χ3v) is 3.86. The zero-order chi connectivity index (χ0) is 18.1.